The molecule has 1 aliphatic rings. The second-order valence-electron chi connectivity index (χ2n) is 5.07. The molecule has 0 fully saturated rings. The molecule has 2 amide bonds. The zero-order chi connectivity index (χ0) is 15.9. The average Bonchev–Trinajstić information content (AvgIpc) is 2.63. The molecule has 1 aromatic rings. The van der Waals surface area contributed by atoms with E-state index in [0.29, 0.717) is 4.90 Å². The van der Waals surface area contributed by atoms with Crippen molar-refractivity contribution in [1.29, 1.82) is 0 Å². The molecule has 0 unspecified atom stereocenters. The molecule has 0 spiro atoms. The van der Waals surface area contributed by atoms with Gasteiger partial charge >= 0.3 is 11.9 Å². The molecule has 0 radical (unpaired) electrons. The number of aromatic carboxylic acids is 1. The molecule has 110 valence electrons. The lowest BCUT2D eigenvalue weighted by Crippen LogP contribution is -2.47. The number of amides is 2. The summed E-state index contributed by atoms with van der Waals surface area (Å²) in [5, 5.41) is 18.1. The Balaban J connectivity index is 2.51. The van der Waals surface area contributed by atoms with Crippen LogP contribution in [0.1, 0.15) is 44.9 Å². The van der Waals surface area contributed by atoms with Gasteiger partial charge in [-0.3, -0.25) is 14.5 Å². The van der Waals surface area contributed by atoms with Gasteiger partial charge in [-0.2, -0.15) is 0 Å². The summed E-state index contributed by atoms with van der Waals surface area (Å²) in [5.41, 5.74) is -0.183. The number of carbonyl (C=O) groups is 4. The molecule has 0 bridgehead atoms. The minimum absolute atomic E-state index is 0.0249. The first-order chi connectivity index (χ1) is 9.75. The fraction of sp³-hybridized carbons (Fsp3) is 0.286. The third kappa shape index (κ3) is 2.26. The molecule has 7 nitrogen and oxygen atoms in total. The van der Waals surface area contributed by atoms with Crippen molar-refractivity contribution < 1.29 is 29.4 Å². The summed E-state index contributed by atoms with van der Waals surface area (Å²) < 4.78 is 0. The van der Waals surface area contributed by atoms with Crippen molar-refractivity contribution >= 4 is 23.8 Å². The third-order valence-electron chi connectivity index (χ3n) is 3.33. The predicted molar refractivity (Wildman–Crippen MR) is 70.2 cm³/mol. The lowest BCUT2D eigenvalue weighted by Gasteiger charge is -2.25. The molecule has 2 N–H and O–H groups in total. The van der Waals surface area contributed by atoms with Crippen LogP contribution < -0.4 is 0 Å². The average molecular weight is 291 g/mol. The van der Waals surface area contributed by atoms with Gasteiger partial charge in [0.25, 0.3) is 11.8 Å². The van der Waals surface area contributed by atoms with Crippen molar-refractivity contribution in [2.24, 2.45) is 5.92 Å². The number of benzene rings is 1. The van der Waals surface area contributed by atoms with Crippen LogP contribution in [-0.4, -0.2) is 44.9 Å². The summed E-state index contributed by atoms with van der Waals surface area (Å²) in [5.74, 6) is -4.47. The van der Waals surface area contributed by atoms with E-state index in [-0.39, 0.29) is 16.7 Å². The summed E-state index contributed by atoms with van der Waals surface area (Å²) in [6, 6.07) is 2.25. The Labute approximate surface area is 119 Å². The number of carboxylic acids is 2. The number of carbonyl (C=O) groups excluding carboxylic acids is 2. The summed E-state index contributed by atoms with van der Waals surface area (Å²) in [7, 11) is 0. The maximum Gasteiger partial charge on any atom is 0.335 e. The Morgan fingerprint density at radius 2 is 1.62 bits per heavy atom. The number of hydrogen-bond acceptors (Lipinski definition) is 4. The van der Waals surface area contributed by atoms with E-state index in [1.807, 2.05) is 0 Å². The molecule has 0 saturated carbocycles. The number of nitrogens with zero attached hydrogens (tertiary/aromatic N) is 1. The summed E-state index contributed by atoms with van der Waals surface area (Å²) >= 11 is 0. The first-order valence-corrected chi connectivity index (χ1v) is 6.23. The van der Waals surface area contributed by atoms with Gasteiger partial charge in [-0.05, 0) is 24.1 Å². The van der Waals surface area contributed by atoms with E-state index in [9.17, 15) is 24.3 Å². The summed E-state index contributed by atoms with van der Waals surface area (Å²) in [6.07, 6.45) is 0. The van der Waals surface area contributed by atoms with Crippen molar-refractivity contribution in [3.05, 3.63) is 34.9 Å². The van der Waals surface area contributed by atoms with Gasteiger partial charge in [0.05, 0.1) is 16.7 Å². The zero-order valence-electron chi connectivity index (χ0n) is 11.4. The van der Waals surface area contributed by atoms with Crippen LogP contribution in [0.15, 0.2) is 18.2 Å². The molecule has 0 aromatic heterocycles. The highest BCUT2D eigenvalue weighted by Gasteiger charge is 2.44. The molecule has 21 heavy (non-hydrogen) atoms. The molecule has 1 heterocycles. The fourth-order valence-electron chi connectivity index (χ4n) is 2.34. The molecule has 0 aliphatic carbocycles. The van der Waals surface area contributed by atoms with E-state index in [1.165, 1.54) is 12.1 Å². The number of aliphatic carboxylic acids is 1. The van der Waals surface area contributed by atoms with Crippen LogP contribution in [-0.2, 0) is 4.79 Å². The second-order valence-corrected chi connectivity index (χ2v) is 5.07. The normalized spacial score (nSPS) is 15.3. The van der Waals surface area contributed by atoms with Gasteiger partial charge in [0.15, 0.2) is 0 Å². The van der Waals surface area contributed by atoms with Crippen LogP contribution in [0.4, 0.5) is 0 Å². The van der Waals surface area contributed by atoms with Crippen molar-refractivity contribution in [1.82, 2.24) is 4.90 Å². The maximum absolute atomic E-state index is 12.3. The quantitative estimate of drug-likeness (QED) is 0.803. The topological polar surface area (TPSA) is 112 Å². The van der Waals surface area contributed by atoms with Crippen molar-refractivity contribution in [3.63, 3.8) is 0 Å². The lowest BCUT2D eigenvalue weighted by molar-refractivity contribution is -0.143. The van der Waals surface area contributed by atoms with Crippen molar-refractivity contribution in [3.8, 4) is 0 Å². The van der Waals surface area contributed by atoms with E-state index in [0.717, 1.165) is 6.07 Å². The number of fused-ring (bicyclic) bond motifs is 1. The van der Waals surface area contributed by atoms with Gasteiger partial charge in [0.1, 0.15) is 6.04 Å². The van der Waals surface area contributed by atoms with Gasteiger partial charge < -0.3 is 10.2 Å². The number of imide groups is 1. The van der Waals surface area contributed by atoms with Crippen LogP contribution >= 0.6 is 0 Å². The molecule has 2 rings (SSSR count). The van der Waals surface area contributed by atoms with Crippen LogP contribution in [0.2, 0.25) is 0 Å². The van der Waals surface area contributed by atoms with Crippen molar-refractivity contribution in [2.75, 3.05) is 0 Å². The van der Waals surface area contributed by atoms with Crippen molar-refractivity contribution in [2.45, 2.75) is 19.9 Å². The van der Waals surface area contributed by atoms with Crippen LogP contribution in [0.5, 0.6) is 0 Å². The Morgan fingerprint density at radius 3 is 2.10 bits per heavy atom. The number of rotatable bonds is 4. The molecular formula is C14H13NO6. The molecule has 0 saturated heterocycles. The highest BCUT2D eigenvalue weighted by Crippen LogP contribution is 2.28. The summed E-state index contributed by atoms with van der Waals surface area (Å²) in [6.45, 7) is 3.18. The Hall–Kier alpha value is -2.70. The highest BCUT2D eigenvalue weighted by atomic mass is 16.4. The molecular weight excluding hydrogens is 278 g/mol. The Bertz CT molecular complexity index is 663. The Kier molecular flexibility index (Phi) is 3.51. The smallest absolute Gasteiger partial charge is 0.335 e. The minimum Gasteiger partial charge on any atom is -0.480 e. The maximum atomic E-state index is 12.3. The predicted octanol–water partition coefficient (Wildman–Crippen LogP) is 1.09. The zero-order valence-corrected chi connectivity index (χ0v) is 11.4. The lowest BCUT2D eigenvalue weighted by atomic mass is 10.0. The van der Waals surface area contributed by atoms with E-state index in [4.69, 9.17) is 5.11 Å². The van der Waals surface area contributed by atoms with E-state index in [1.54, 1.807) is 13.8 Å². The second kappa shape index (κ2) is 5.01. The van der Waals surface area contributed by atoms with Crippen LogP contribution in [0, 0.1) is 5.92 Å². The van der Waals surface area contributed by atoms with E-state index >= 15 is 0 Å². The monoisotopic (exact) mass is 291 g/mol. The third-order valence-corrected chi connectivity index (χ3v) is 3.33. The standard InChI is InChI=1S/C14H13NO6/c1-6(2)10(14(20)21)15-11(16)8-4-3-7(13(18)19)5-9(8)12(15)17/h3-6,10H,1-2H3,(H,18,19)(H,20,21)/t10-/m0/s1. The van der Waals surface area contributed by atoms with Crippen LogP contribution in [0.25, 0.3) is 0 Å². The van der Waals surface area contributed by atoms with Gasteiger partial charge in [0, 0.05) is 0 Å². The van der Waals surface area contributed by atoms with E-state index in [2.05, 4.69) is 0 Å². The molecule has 1 aliphatic heterocycles. The first-order valence-electron chi connectivity index (χ1n) is 6.23. The molecule has 7 heteroatoms. The van der Waals surface area contributed by atoms with Gasteiger partial charge in [-0.1, -0.05) is 13.8 Å². The highest BCUT2D eigenvalue weighted by molar-refractivity contribution is 6.23. The van der Waals surface area contributed by atoms with Gasteiger partial charge in [-0.25, -0.2) is 9.59 Å². The molecule has 1 atom stereocenters. The van der Waals surface area contributed by atoms with Crippen LogP contribution in [0.3, 0.4) is 0 Å². The largest absolute Gasteiger partial charge is 0.480 e. The van der Waals surface area contributed by atoms with Gasteiger partial charge in [0.2, 0.25) is 0 Å². The fourth-order valence-corrected chi connectivity index (χ4v) is 2.34. The minimum atomic E-state index is -1.29. The molecule has 1 aromatic carbocycles. The van der Waals surface area contributed by atoms with Gasteiger partial charge in [-0.15, -0.1) is 0 Å². The first kappa shape index (κ1) is 14.7. The Morgan fingerprint density at radius 1 is 1.05 bits per heavy atom. The van der Waals surface area contributed by atoms with E-state index < -0.39 is 35.7 Å². The number of carboxylic acid groups (broad SMARTS) is 2. The SMILES string of the molecule is CC(C)[C@@H](C(=O)O)N1C(=O)c2ccc(C(=O)O)cc2C1=O. The summed E-state index contributed by atoms with van der Waals surface area (Å²) in [4.78, 5) is 47.4. The number of hydrogen-bond donors (Lipinski definition) is 2.